The Balaban J connectivity index is 1.88. The fourth-order valence-corrected chi connectivity index (χ4v) is 3.69. The molecule has 1 aliphatic rings. The molecule has 26 heavy (non-hydrogen) atoms. The van der Waals surface area contributed by atoms with Crippen LogP contribution in [0.15, 0.2) is 34.2 Å². The molecule has 3 rings (SSSR count). The maximum absolute atomic E-state index is 12.9. The Morgan fingerprint density at radius 3 is 2.85 bits per heavy atom. The lowest BCUT2D eigenvalue weighted by molar-refractivity contribution is -0.151. The van der Waals surface area contributed by atoms with Crippen LogP contribution in [-0.4, -0.2) is 39.6 Å². The lowest BCUT2D eigenvalue weighted by Crippen LogP contribution is -2.29. The zero-order chi connectivity index (χ0) is 18.7. The Morgan fingerprint density at radius 2 is 2.15 bits per heavy atom. The minimum Gasteiger partial charge on any atom is -0.459 e. The van der Waals surface area contributed by atoms with Gasteiger partial charge in [-0.15, -0.1) is 0 Å². The Morgan fingerprint density at radius 1 is 1.38 bits per heavy atom. The van der Waals surface area contributed by atoms with Crippen LogP contribution in [0.1, 0.15) is 33.6 Å². The molecule has 0 amide bonds. The topological polar surface area (TPSA) is 70.4 Å². The number of fused-ring (bicyclic) bond motifs is 1. The molecule has 1 aliphatic heterocycles. The average molecular weight is 376 g/mol. The number of carbonyl (C=O) groups is 1. The van der Waals surface area contributed by atoms with Crippen molar-refractivity contribution in [3.8, 4) is 0 Å². The summed E-state index contributed by atoms with van der Waals surface area (Å²) in [6.45, 7) is 6.67. The SMILES string of the molecule is CC(C)(C)OC(=O)CSc1nc2ccccc2c(=O)n1C[C@H]1CCCO1. The van der Waals surface area contributed by atoms with Gasteiger partial charge in [0.05, 0.1) is 29.3 Å². The van der Waals surface area contributed by atoms with Crippen LogP contribution in [0, 0.1) is 0 Å². The molecule has 6 nitrogen and oxygen atoms in total. The summed E-state index contributed by atoms with van der Waals surface area (Å²) in [4.78, 5) is 29.6. The molecule has 2 aromatic rings. The lowest BCUT2D eigenvalue weighted by Gasteiger charge is -2.20. The molecule has 7 heteroatoms. The third kappa shape index (κ3) is 4.65. The number of esters is 1. The van der Waals surface area contributed by atoms with Crippen molar-refractivity contribution in [2.24, 2.45) is 0 Å². The van der Waals surface area contributed by atoms with E-state index in [4.69, 9.17) is 9.47 Å². The second kappa shape index (κ2) is 7.80. The first kappa shape index (κ1) is 18.9. The van der Waals surface area contributed by atoms with E-state index in [0.29, 0.717) is 22.6 Å². The van der Waals surface area contributed by atoms with Crippen LogP contribution in [0.25, 0.3) is 10.9 Å². The maximum Gasteiger partial charge on any atom is 0.316 e. The molecule has 140 valence electrons. The predicted molar refractivity (Wildman–Crippen MR) is 102 cm³/mol. The third-order valence-corrected chi connectivity index (χ3v) is 4.93. The van der Waals surface area contributed by atoms with E-state index < -0.39 is 5.60 Å². The van der Waals surface area contributed by atoms with Gasteiger partial charge in [-0.3, -0.25) is 14.2 Å². The van der Waals surface area contributed by atoms with Crippen molar-refractivity contribution in [3.05, 3.63) is 34.6 Å². The molecule has 0 N–H and O–H groups in total. The van der Waals surface area contributed by atoms with Crippen LogP contribution >= 0.6 is 11.8 Å². The van der Waals surface area contributed by atoms with Crippen molar-refractivity contribution in [1.29, 1.82) is 0 Å². The molecule has 1 saturated heterocycles. The molecule has 0 aliphatic carbocycles. The second-order valence-electron chi connectivity index (χ2n) is 7.34. The molecule has 0 unspecified atom stereocenters. The van der Waals surface area contributed by atoms with E-state index in [9.17, 15) is 9.59 Å². The minimum atomic E-state index is -0.536. The number of ether oxygens (including phenoxy) is 2. The Bertz CT molecular complexity index is 851. The van der Waals surface area contributed by atoms with E-state index in [1.54, 1.807) is 10.6 Å². The van der Waals surface area contributed by atoms with Gasteiger partial charge in [0.25, 0.3) is 5.56 Å². The Hall–Kier alpha value is -1.86. The average Bonchev–Trinajstić information content (AvgIpc) is 3.07. The number of para-hydroxylation sites is 1. The highest BCUT2D eigenvalue weighted by atomic mass is 32.2. The van der Waals surface area contributed by atoms with Gasteiger partial charge in [-0.05, 0) is 45.7 Å². The molecule has 0 bridgehead atoms. The summed E-state index contributed by atoms with van der Waals surface area (Å²) in [5, 5.41) is 1.10. The number of thioether (sulfide) groups is 1. The smallest absolute Gasteiger partial charge is 0.316 e. The molecular weight excluding hydrogens is 352 g/mol. The number of carbonyl (C=O) groups excluding carboxylic acids is 1. The lowest BCUT2D eigenvalue weighted by atomic mass is 10.2. The summed E-state index contributed by atoms with van der Waals surface area (Å²) < 4.78 is 12.7. The Kier molecular flexibility index (Phi) is 5.67. The van der Waals surface area contributed by atoms with Crippen LogP contribution < -0.4 is 5.56 Å². The number of hydrogen-bond donors (Lipinski definition) is 0. The third-order valence-electron chi connectivity index (χ3n) is 3.98. The van der Waals surface area contributed by atoms with Gasteiger partial charge in [0.15, 0.2) is 5.16 Å². The number of nitrogens with zero attached hydrogens (tertiary/aromatic N) is 2. The van der Waals surface area contributed by atoms with Gasteiger partial charge in [-0.2, -0.15) is 0 Å². The summed E-state index contributed by atoms with van der Waals surface area (Å²) >= 11 is 1.23. The molecular formula is C19H24N2O4S. The summed E-state index contributed by atoms with van der Waals surface area (Å²) in [7, 11) is 0. The minimum absolute atomic E-state index is 0.0107. The molecule has 1 fully saturated rings. The highest BCUT2D eigenvalue weighted by Gasteiger charge is 2.22. The van der Waals surface area contributed by atoms with Gasteiger partial charge in [0.2, 0.25) is 0 Å². The molecule has 1 aromatic heterocycles. The first-order chi connectivity index (χ1) is 12.3. The first-order valence-corrected chi connectivity index (χ1v) is 9.78. The van der Waals surface area contributed by atoms with Crippen LogP contribution in [0.3, 0.4) is 0 Å². The summed E-state index contributed by atoms with van der Waals surface area (Å²) in [6.07, 6.45) is 1.94. The highest BCUT2D eigenvalue weighted by molar-refractivity contribution is 7.99. The van der Waals surface area contributed by atoms with Crippen LogP contribution in [0.4, 0.5) is 0 Å². The van der Waals surface area contributed by atoms with Gasteiger partial charge in [-0.25, -0.2) is 4.98 Å². The van der Waals surface area contributed by atoms with Crippen LogP contribution in [0.2, 0.25) is 0 Å². The van der Waals surface area contributed by atoms with Crippen molar-refractivity contribution in [2.45, 2.75) is 57.0 Å². The van der Waals surface area contributed by atoms with Crippen molar-refractivity contribution in [2.75, 3.05) is 12.4 Å². The van der Waals surface area contributed by atoms with E-state index in [0.717, 1.165) is 19.4 Å². The zero-order valence-corrected chi connectivity index (χ0v) is 16.2. The molecule has 1 aromatic carbocycles. The van der Waals surface area contributed by atoms with E-state index in [2.05, 4.69) is 4.98 Å². The van der Waals surface area contributed by atoms with Crippen LogP contribution in [0.5, 0.6) is 0 Å². The van der Waals surface area contributed by atoms with E-state index >= 15 is 0 Å². The number of benzene rings is 1. The zero-order valence-electron chi connectivity index (χ0n) is 15.4. The van der Waals surface area contributed by atoms with Crippen molar-refractivity contribution in [1.82, 2.24) is 9.55 Å². The molecule has 0 saturated carbocycles. The van der Waals surface area contributed by atoms with E-state index in [1.807, 2.05) is 39.0 Å². The Labute approximate surface area is 156 Å². The van der Waals surface area contributed by atoms with E-state index in [-0.39, 0.29) is 23.4 Å². The molecule has 2 heterocycles. The highest BCUT2D eigenvalue weighted by Crippen LogP contribution is 2.21. The van der Waals surface area contributed by atoms with Gasteiger partial charge in [-0.1, -0.05) is 23.9 Å². The van der Waals surface area contributed by atoms with Gasteiger partial charge in [0, 0.05) is 6.61 Å². The second-order valence-corrected chi connectivity index (χ2v) is 8.28. The molecule has 0 radical (unpaired) electrons. The number of rotatable bonds is 5. The van der Waals surface area contributed by atoms with Gasteiger partial charge >= 0.3 is 5.97 Å². The standard InChI is InChI=1S/C19H24N2O4S/c1-19(2,3)25-16(22)12-26-18-20-15-9-5-4-8-14(15)17(23)21(18)11-13-7-6-10-24-13/h4-5,8-9,13H,6-7,10-12H2,1-3H3/t13-/m1/s1. The monoisotopic (exact) mass is 376 g/mol. The predicted octanol–water partition coefficient (Wildman–Crippen LogP) is 3.01. The molecule has 1 atom stereocenters. The summed E-state index contributed by atoms with van der Waals surface area (Å²) in [5.74, 6) is -0.221. The summed E-state index contributed by atoms with van der Waals surface area (Å²) in [5.41, 5.74) is -0.00297. The van der Waals surface area contributed by atoms with Gasteiger partial charge in [0.1, 0.15) is 5.60 Å². The summed E-state index contributed by atoms with van der Waals surface area (Å²) in [6, 6.07) is 7.26. The fourth-order valence-electron chi connectivity index (χ4n) is 2.91. The van der Waals surface area contributed by atoms with Crippen molar-refractivity contribution in [3.63, 3.8) is 0 Å². The fraction of sp³-hybridized carbons (Fsp3) is 0.526. The normalized spacial score (nSPS) is 17.6. The van der Waals surface area contributed by atoms with Crippen molar-refractivity contribution >= 4 is 28.6 Å². The van der Waals surface area contributed by atoms with Gasteiger partial charge < -0.3 is 9.47 Å². The van der Waals surface area contributed by atoms with Crippen LogP contribution in [-0.2, 0) is 20.8 Å². The van der Waals surface area contributed by atoms with E-state index in [1.165, 1.54) is 11.8 Å². The van der Waals surface area contributed by atoms with Crippen molar-refractivity contribution < 1.29 is 14.3 Å². The quantitative estimate of drug-likeness (QED) is 0.454. The maximum atomic E-state index is 12.9. The number of aromatic nitrogens is 2. The first-order valence-electron chi connectivity index (χ1n) is 8.79. The molecule has 0 spiro atoms. The largest absolute Gasteiger partial charge is 0.459 e. The number of hydrogen-bond acceptors (Lipinski definition) is 6.